The highest BCUT2D eigenvalue weighted by molar-refractivity contribution is 7.91. The maximum Gasteiger partial charge on any atom is 0.151 e. The summed E-state index contributed by atoms with van der Waals surface area (Å²) < 4.78 is 28.0. The van der Waals surface area contributed by atoms with Crippen molar-refractivity contribution in [1.29, 1.82) is 0 Å². The lowest BCUT2D eigenvalue weighted by molar-refractivity contribution is 0.105. The van der Waals surface area contributed by atoms with E-state index in [0.717, 1.165) is 0 Å². The summed E-state index contributed by atoms with van der Waals surface area (Å²) in [5.74, 6) is 3.10. The van der Waals surface area contributed by atoms with Crippen molar-refractivity contribution < 1.29 is 13.2 Å². The molecule has 1 aliphatic heterocycles. The first kappa shape index (κ1) is 13.5. The van der Waals surface area contributed by atoms with E-state index in [1.807, 2.05) is 11.8 Å². The van der Waals surface area contributed by atoms with E-state index in [1.165, 1.54) is 0 Å². The molecule has 0 aliphatic carbocycles. The average molecular weight is 245 g/mol. The molecule has 0 spiro atoms. The molecule has 0 aromatic carbocycles. The van der Waals surface area contributed by atoms with Gasteiger partial charge in [0.15, 0.2) is 9.84 Å². The van der Waals surface area contributed by atoms with Crippen LogP contribution in [0.4, 0.5) is 0 Å². The van der Waals surface area contributed by atoms with Crippen LogP contribution in [0.25, 0.3) is 0 Å². The number of sulfone groups is 1. The van der Waals surface area contributed by atoms with Crippen LogP contribution in [0, 0.1) is 12.3 Å². The van der Waals surface area contributed by atoms with Crippen molar-refractivity contribution in [2.45, 2.75) is 19.4 Å². The maximum atomic E-state index is 11.4. The van der Waals surface area contributed by atoms with Gasteiger partial charge in [0.2, 0.25) is 0 Å². The smallest absolute Gasteiger partial charge is 0.151 e. The summed E-state index contributed by atoms with van der Waals surface area (Å²) in [4.78, 5) is 2.03. The first-order chi connectivity index (χ1) is 7.59. The summed E-state index contributed by atoms with van der Waals surface area (Å²) in [6, 6.07) is 0.0708. The van der Waals surface area contributed by atoms with E-state index in [1.54, 1.807) is 0 Å². The van der Waals surface area contributed by atoms with Crippen molar-refractivity contribution in [3.8, 4) is 12.3 Å². The summed E-state index contributed by atoms with van der Waals surface area (Å²) in [5.41, 5.74) is 0. The minimum absolute atomic E-state index is 0.0708. The van der Waals surface area contributed by atoms with E-state index in [4.69, 9.17) is 11.2 Å². The molecule has 1 atom stereocenters. The second-order valence-corrected chi connectivity index (χ2v) is 6.16. The van der Waals surface area contributed by atoms with Crippen LogP contribution in [0.1, 0.15) is 13.3 Å². The Morgan fingerprint density at radius 3 is 2.81 bits per heavy atom. The summed E-state index contributed by atoms with van der Waals surface area (Å²) in [5, 5.41) is 0. The number of ether oxygens (including phenoxy) is 1. The lowest BCUT2D eigenvalue weighted by Crippen LogP contribution is -2.38. The molecule has 5 heteroatoms. The normalized spacial score (nSPS) is 23.4. The van der Waals surface area contributed by atoms with Crippen LogP contribution in [-0.4, -0.2) is 57.2 Å². The summed E-state index contributed by atoms with van der Waals surface area (Å²) >= 11 is 0. The molecule has 0 N–H and O–H groups in total. The largest absolute Gasteiger partial charge is 0.380 e. The molecule has 92 valence electrons. The van der Waals surface area contributed by atoms with E-state index < -0.39 is 9.84 Å². The third-order valence-corrected chi connectivity index (χ3v) is 4.50. The molecule has 1 rings (SSSR count). The van der Waals surface area contributed by atoms with Crippen molar-refractivity contribution in [3.63, 3.8) is 0 Å². The summed E-state index contributed by atoms with van der Waals surface area (Å²) in [6.45, 7) is 4.42. The van der Waals surface area contributed by atoms with Crippen molar-refractivity contribution in [3.05, 3.63) is 0 Å². The van der Waals surface area contributed by atoms with E-state index in [2.05, 4.69) is 5.92 Å². The number of hydrogen-bond acceptors (Lipinski definition) is 4. The molecule has 0 aromatic heterocycles. The Labute approximate surface area is 97.9 Å². The highest BCUT2D eigenvalue weighted by atomic mass is 32.2. The van der Waals surface area contributed by atoms with Crippen LogP contribution < -0.4 is 0 Å². The van der Waals surface area contributed by atoms with Gasteiger partial charge in [-0.15, -0.1) is 6.42 Å². The van der Waals surface area contributed by atoms with Gasteiger partial charge in [0.05, 0.1) is 24.7 Å². The van der Waals surface area contributed by atoms with Crippen LogP contribution in [0.5, 0.6) is 0 Å². The third-order valence-electron chi connectivity index (χ3n) is 2.75. The second kappa shape index (κ2) is 6.24. The highest BCUT2D eigenvalue weighted by Gasteiger charge is 2.31. The van der Waals surface area contributed by atoms with E-state index in [0.29, 0.717) is 32.7 Å². The predicted octanol–water partition coefficient (Wildman–Crippen LogP) is 0.145. The molecule has 0 unspecified atom stereocenters. The van der Waals surface area contributed by atoms with E-state index in [-0.39, 0.29) is 17.5 Å². The lowest BCUT2D eigenvalue weighted by atomic mass is 10.2. The lowest BCUT2D eigenvalue weighted by Gasteiger charge is -2.25. The van der Waals surface area contributed by atoms with Gasteiger partial charge >= 0.3 is 0 Å². The fourth-order valence-electron chi connectivity index (χ4n) is 1.90. The van der Waals surface area contributed by atoms with Gasteiger partial charge in [-0.1, -0.05) is 5.92 Å². The Morgan fingerprint density at radius 2 is 2.31 bits per heavy atom. The molecule has 16 heavy (non-hydrogen) atoms. The van der Waals surface area contributed by atoms with Crippen LogP contribution in [0.2, 0.25) is 0 Å². The highest BCUT2D eigenvalue weighted by Crippen LogP contribution is 2.17. The van der Waals surface area contributed by atoms with Gasteiger partial charge < -0.3 is 4.74 Å². The molecule has 0 aromatic rings. The van der Waals surface area contributed by atoms with Gasteiger partial charge in [0.1, 0.15) is 0 Å². The van der Waals surface area contributed by atoms with Crippen LogP contribution >= 0.6 is 0 Å². The van der Waals surface area contributed by atoms with Gasteiger partial charge in [0.25, 0.3) is 0 Å². The molecule has 0 amide bonds. The molecule has 4 nitrogen and oxygen atoms in total. The number of terminal acetylenes is 1. The number of nitrogens with zero attached hydrogens (tertiary/aromatic N) is 1. The fraction of sp³-hybridized carbons (Fsp3) is 0.818. The average Bonchev–Trinajstić information content (AvgIpc) is 2.58. The standard InChI is InChI=1S/C11H19NO3S/c1-3-6-12(7-8-15-4-2)11-5-9-16(13,14)10-11/h1,11H,4-10H2,2H3/t11-/m1/s1. The second-order valence-electron chi connectivity index (χ2n) is 3.93. The first-order valence-electron chi connectivity index (χ1n) is 5.54. The van der Waals surface area contributed by atoms with Gasteiger partial charge in [0, 0.05) is 19.2 Å². The van der Waals surface area contributed by atoms with Crippen molar-refractivity contribution >= 4 is 9.84 Å². The monoisotopic (exact) mass is 245 g/mol. The molecule has 1 fully saturated rings. The maximum absolute atomic E-state index is 11.4. The van der Waals surface area contributed by atoms with Crippen molar-refractivity contribution in [2.75, 3.05) is 37.8 Å². The third kappa shape index (κ3) is 4.12. The Morgan fingerprint density at radius 1 is 1.56 bits per heavy atom. The summed E-state index contributed by atoms with van der Waals surface area (Å²) in [6.07, 6.45) is 5.98. The zero-order valence-electron chi connectivity index (χ0n) is 9.68. The van der Waals surface area contributed by atoms with Crippen LogP contribution in [0.3, 0.4) is 0 Å². The molecular formula is C11H19NO3S. The quantitative estimate of drug-likeness (QED) is 0.493. The van der Waals surface area contributed by atoms with E-state index >= 15 is 0 Å². The SMILES string of the molecule is C#CCN(CCOCC)[C@@H]1CCS(=O)(=O)C1. The molecule has 1 heterocycles. The molecule has 0 radical (unpaired) electrons. The van der Waals surface area contributed by atoms with Gasteiger partial charge in [-0.3, -0.25) is 4.90 Å². The Hall–Kier alpha value is -0.570. The molecule has 1 aliphatic rings. The molecule has 0 saturated carbocycles. The Kier molecular flexibility index (Phi) is 5.26. The Balaban J connectivity index is 2.48. The topological polar surface area (TPSA) is 46.6 Å². The first-order valence-corrected chi connectivity index (χ1v) is 7.37. The van der Waals surface area contributed by atoms with Gasteiger partial charge in [-0.2, -0.15) is 0 Å². The molecular weight excluding hydrogens is 226 g/mol. The van der Waals surface area contributed by atoms with Gasteiger partial charge in [-0.25, -0.2) is 8.42 Å². The van der Waals surface area contributed by atoms with E-state index in [9.17, 15) is 8.42 Å². The van der Waals surface area contributed by atoms with Crippen molar-refractivity contribution in [1.82, 2.24) is 4.90 Å². The summed E-state index contributed by atoms with van der Waals surface area (Å²) in [7, 11) is -2.84. The fourth-order valence-corrected chi connectivity index (χ4v) is 3.66. The number of rotatable bonds is 6. The minimum Gasteiger partial charge on any atom is -0.380 e. The van der Waals surface area contributed by atoms with Crippen LogP contribution in [0.15, 0.2) is 0 Å². The molecule has 1 saturated heterocycles. The zero-order valence-corrected chi connectivity index (χ0v) is 10.5. The Bertz CT molecular complexity index is 345. The van der Waals surface area contributed by atoms with Crippen LogP contribution in [-0.2, 0) is 14.6 Å². The number of hydrogen-bond donors (Lipinski definition) is 0. The molecule has 0 bridgehead atoms. The zero-order chi connectivity index (χ0) is 12.0. The van der Waals surface area contributed by atoms with Gasteiger partial charge in [-0.05, 0) is 13.3 Å². The van der Waals surface area contributed by atoms with Crippen molar-refractivity contribution in [2.24, 2.45) is 0 Å². The predicted molar refractivity (Wildman–Crippen MR) is 64.0 cm³/mol. The minimum atomic E-state index is -2.84.